The fraction of sp³-hybridized carbons (Fsp3) is 0.400. The molecule has 0 bridgehead atoms. The van der Waals surface area contributed by atoms with E-state index < -0.39 is 5.41 Å². The molecule has 1 amide bonds. The molecule has 1 aliphatic heterocycles. The molecular formula is C25H30N4O2. The summed E-state index contributed by atoms with van der Waals surface area (Å²) in [5.74, 6) is 1.74. The zero-order chi connectivity index (χ0) is 22.0. The highest BCUT2D eigenvalue weighted by Gasteiger charge is 2.30. The molecule has 1 N–H and O–H groups in total. The Labute approximate surface area is 183 Å². The molecule has 6 heteroatoms. The van der Waals surface area contributed by atoms with Crippen molar-refractivity contribution in [1.82, 2.24) is 15.3 Å². The van der Waals surface area contributed by atoms with Crippen LogP contribution in [0.1, 0.15) is 34.1 Å². The van der Waals surface area contributed by atoms with Gasteiger partial charge >= 0.3 is 0 Å². The highest BCUT2D eigenvalue weighted by atomic mass is 16.5. The van der Waals surface area contributed by atoms with E-state index in [0.717, 1.165) is 46.8 Å². The number of carbonyl (C=O) groups is 1. The van der Waals surface area contributed by atoms with Crippen molar-refractivity contribution < 1.29 is 9.53 Å². The van der Waals surface area contributed by atoms with Crippen LogP contribution in [-0.2, 0) is 4.79 Å². The van der Waals surface area contributed by atoms with Gasteiger partial charge in [-0.1, -0.05) is 45.0 Å². The van der Waals surface area contributed by atoms with Gasteiger partial charge in [-0.15, -0.1) is 0 Å². The molecule has 6 nitrogen and oxygen atoms in total. The first-order valence-electron chi connectivity index (χ1n) is 10.9. The fourth-order valence-electron chi connectivity index (χ4n) is 3.78. The third-order valence-corrected chi connectivity index (χ3v) is 5.47. The fourth-order valence-corrected chi connectivity index (χ4v) is 3.78. The Bertz CT molecular complexity index is 1090. The summed E-state index contributed by atoms with van der Waals surface area (Å²) in [4.78, 5) is 24.6. The number of anilines is 1. The molecule has 4 rings (SSSR count). The van der Waals surface area contributed by atoms with Crippen molar-refractivity contribution >= 4 is 22.8 Å². The van der Waals surface area contributed by atoms with E-state index in [2.05, 4.69) is 10.2 Å². The number of aromatic nitrogens is 2. The molecule has 0 radical (unpaired) electrons. The highest BCUT2D eigenvalue weighted by Crippen LogP contribution is 2.33. The minimum Gasteiger partial charge on any atom is -0.494 e. The lowest BCUT2D eigenvalue weighted by molar-refractivity contribution is -0.129. The van der Waals surface area contributed by atoms with Gasteiger partial charge in [0.25, 0.3) is 0 Å². The van der Waals surface area contributed by atoms with Crippen LogP contribution in [0.3, 0.4) is 0 Å². The van der Waals surface area contributed by atoms with Crippen LogP contribution in [-0.4, -0.2) is 41.6 Å². The summed E-state index contributed by atoms with van der Waals surface area (Å²) >= 11 is 0. The lowest BCUT2D eigenvalue weighted by atomic mass is 9.95. The second kappa shape index (κ2) is 8.53. The first-order chi connectivity index (χ1) is 14.8. The number of fused-ring (bicyclic) bond motifs is 1. The first-order valence-corrected chi connectivity index (χ1v) is 10.9. The van der Waals surface area contributed by atoms with Gasteiger partial charge < -0.3 is 15.0 Å². The number of ether oxygens (including phenoxy) is 1. The topological polar surface area (TPSA) is 67.4 Å². The van der Waals surface area contributed by atoms with Gasteiger partial charge in [0.1, 0.15) is 11.4 Å². The Morgan fingerprint density at radius 1 is 1.13 bits per heavy atom. The molecule has 0 saturated carbocycles. The number of amides is 1. The van der Waals surface area contributed by atoms with Gasteiger partial charge in [-0.05, 0) is 37.6 Å². The number of nitrogens with one attached hydrogen (secondary N) is 1. The predicted octanol–water partition coefficient (Wildman–Crippen LogP) is 4.44. The maximum Gasteiger partial charge on any atom is 0.225 e. The summed E-state index contributed by atoms with van der Waals surface area (Å²) in [6, 6.07) is 16.0. The summed E-state index contributed by atoms with van der Waals surface area (Å²) in [5.41, 5.74) is 3.13. The summed E-state index contributed by atoms with van der Waals surface area (Å²) < 4.78 is 5.70. The number of hydrogen-bond acceptors (Lipinski definition) is 5. The Hall–Kier alpha value is -3.15. The normalized spacial score (nSPS) is 16.5. The van der Waals surface area contributed by atoms with Crippen molar-refractivity contribution in [2.45, 2.75) is 40.2 Å². The second-order valence-electron chi connectivity index (χ2n) is 9.00. The zero-order valence-corrected chi connectivity index (χ0v) is 18.7. The van der Waals surface area contributed by atoms with Gasteiger partial charge in [-0.3, -0.25) is 4.79 Å². The lowest BCUT2D eigenvalue weighted by Crippen LogP contribution is -2.43. The van der Waals surface area contributed by atoms with Crippen LogP contribution in [0.25, 0.3) is 22.3 Å². The van der Waals surface area contributed by atoms with Crippen LogP contribution < -0.4 is 15.0 Å². The van der Waals surface area contributed by atoms with Crippen LogP contribution >= 0.6 is 0 Å². The Kier molecular flexibility index (Phi) is 5.81. The van der Waals surface area contributed by atoms with Gasteiger partial charge in [0.15, 0.2) is 5.82 Å². The smallest absolute Gasteiger partial charge is 0.225 e. The summed E-state index contributed by atoms with van der Waals surface area (Å²) in [5, 5.41) is 3.19. The van der Waals surface area contributed by atoms with E-state index in [9.17, 15) is 4.79 Å². The number of benzene rings is 2. The van der Waals surface area contributed by atoms with Crippen LogP contribution in [0.5, 0.6) is 5.75 Å². The van der Waals surface area contributed by atoms with E-state index in [-0.39, 0.29) is 11.9 Å². The molecule has 31 heavy (non-hydrogen) atoms. The van der Waals surface area contributed by atoms with Crippen molar-refractivity contribution in [3.05, 3.63) is 48.5 Å². The maximum atomic E-state index is 12.5. The molecule has 1 unspecified atom stereocenters. The van der Waals surface area contributed by atoms with Crippen LogP contribution in [0, 0.1) is 5.41 Å². The van der Waals surface area contributed by atoms with Crippen molar-refractivity contribution in [2.24, 2.45) is 5.41 Å². The standard InChI is InChI=1S/C25H30N4O2/c1-5-31-19-10-8-9-17(15-19)22-23(28-21-12-7-6-11-20(21)27-22)29-14-13-18(16-29)26-24(30)25(2,3)4/h6-12,15,18H,5,13-14,16H2,1-4H3,(H,26,30). The minimum atomic E-state index is -0.402. The third kappa shape index (κ3) is 4.63. The zero-order valence-electron chi connectivity index (χ0n) is 18.7. The van der Waals surface area contributed by atoms with Gasteiger partial charge in [-0.2, -0.15) is 0 Å². The van der Waals surface area contributed by atoms with E-state index >= 15 is 0 Å². The lowest BCUT2D eigenvalue weighted by Gasteiger charge is -2.23. The number of para-hydroxylation sites is 2. The van der Waals surface area contributed by atoms with Gasteiger partial charge in [-0.25, -0.2) is 9.97 Å². The van der Waals surface area contributed by atoms with E-state index in [4.69, 9.17) is 14.7 Å². The molecule has 1 fully saturated rings. The molecule has 1 atom stereocenters. The molecule has 0 aliphatic carbocycles. The maximum absolute atomic E-state index is 12.5. The first kappa shape index (κ1) is 21.1. The van der Waals surface area contributed by atoms with Crippen LogP contribution in [0.15, 0.2) is 48.5 Å². The third-order valence-electron chi connectivity index (χ3n) is 5.47. The predicted molar refractivity (Wildman–Crippen MR) is 124 cm³/mol. The molecular weight excluding hydrogens is 388 g/mol. The number of hydrogen-bond donors (Lipinski definition) is 1. The summed E-state index contributed by atoms with van der Waals surface area (Å²) in [6.45, 7) is 9.94. The van der Waals surface area contributed by atoms with E-state index in [1.807, 2.05) is 76.2 Å². The number of nitrogens with zero attached hydrogens (tertiary/aromatic N) is 3. The number of carbonyl (C=O) groups excluding carboxylic acids is 1. The molecule has 1 saturated heterocycles. The highest BCUT2D eigenvalue weighted by molar-refractivity contribution is 5.84. The Balaban J connectivity index is 1.69. The average Bonchev–Trinajstić information content (AvgIpc) is 3.21. The van der Waals surface area contributed by atoms with Crippen LogP contribution in [0.2, 0.25) is 0 Å². The van der Waals surface area contributed by atoms with Crippen molar-refractivity contribution in [3.8, 4) is 17.0 Å². The molecule has 1 aliphatic rings. The average molecular weight is 419 g/mol. The van der Waals surface area contributed by atoms with E-state index in [1.54, 1.807) is 0 Å². The summed E-state index contributed by atoms with van der Waals surface area (Å²) in [6.07, 6.45) is 0.884. The molecule has 162 valence electrons. The van der Waals surface area contributed by atoms with Gasteiger partial charge in [0.2, 0.25) is 5.91 Å². The molecule has 2 aromatic carbocycles. The van der Waals surface area contributed by atoms with Crippen molar-refractivity contribution in [3.63, 3.8) is 0 Å². The van der Waals surface area contributed by atoms with Gasteiger partial charge in [0.05, 0.1) is 17.6 Å². The molecule has 0 spiro atoms. The molecule has 3 aromatic rings. The summed E-state index contributed by atoms with van der Waals surface area (Å²) in [7, 11) is 0. The monoisotopic (exact) mass is 418 g/mol. The van der Waals surface area contributed by atoms with Gasteiger partial charge in [0, 0.05) is 30.1 Å². The quantitative estimate of drug-likeness (QED) is 0.664. The van der Waals surface area contributed by atoms with E-state index in [0.29, 0.717) is 13.2 Å². The minimum absolute atomic E-state index is 0.0774. The van der Waals surface area contributed by atoms with Crippen LogP contribution in [0.4, 0.5) is 5.82 Å². The van der Waals surface area contributed by atoms with Crippen molar-refractivity contribution in [1.29, 1.82) is 0 Å². The molecule has 1 aromatic heterocycles. The second-order valence-corrected chi connectivity index (χ2v) is 9.00. The Morgan fingerprint density at radius 2 is 1.87 bits per heavy atom. The van der Waals surface area contributed by atoms with E-state index in [1.165, 1.54) is 0 Å². The SMILES string of the molecule is CCOc1cccc(-c2nc3ccccc3nc2N2CCC(NC(=O)C(C)(C)C)C2)c1. The van der Waals surface area contributed by atoms with Crippen molar-refractivity contribution in [2.75, 3.05) is 24.6 Å². The number of rotatable bonds is 5. The Morgan fingerprint density at radius 3 is 2.58 bits per heavy atom. The molecule has 2 heterocycles. The largest absolute Gasteiger partial charge is 0.494 e.